The second-order valence-corrected chi connectivity index (χ2v) is 7.31. The molecule has 0 spiro atoms. The van der Waals surface area contributed by atoms with Crippen molar-refractivity contribution < 1.29 is 9.32 Å². The molecule has 1 N–H and O–H groups in total. The molecule has 0 saturated carbocycles. The van der Waals surface area contributed by atoms with Crippen LogP contribution in [0.15, 0.2) is 29.2 Å². The number of hydrogen-bond donors (Lipinski definition) is 1. The van der Waals surface area contributed by atoms with E-state index in [-0.39, 0.29) is 5.25 Å². The molecule has 3 atom stereocenters. The predicted molar refractivity (Wildman–Crippen MR) is 81.7 cm³/mol. The zero-order chi connectivity index (χ0) is 14.4. The van der Waals surface area contributed by atoms with Gasteiger partial charge in [0, 0.05) is 4.90 Å². The highest BCUT2D eigenvalue weighted by atomic mass is 32.2. The van der Waals surface area contributed by atoms with E-state index in [0.717, 1.165) is 23.3 Å². The quantitative estimate of drug-likeness (QED) is 0.828. The van der Waals surface area contributed by atoms with Crippen LogP contribution >= 0.6 is 0 Å². The Morgan fingerprint density at radius 2 is 1.79 bits per heavy atom. The number of benzene rings is 1. The summed E-state index contributed by atoms with van der Waals surface area (Å²) >= 11 is 0. The maximum Gasteiger partial charge on any atom is 0.0689 e. The zero-order valence-electron chi connectivity index (χ0n) is 12.4. The summed E-state index contributed by atoms with van der Waals surface area (Å²) in [6.45, 7) is 8.26. The average molecular weight is 282 g/mol. The molecule has 0 amide bonds. The van der Waals surface area contributed by atoms with Crippen LogP contribution in [0.2, 0.25) is 0 Å². The standard InChI is InChI=1S/C16H26O2S/c1-5-6-16(15(17)11-12(2)3)19(18)14-9-7-13(4)8-10-14/h7-10,12,15-17H,5-6,11H2,1-4H3/t15-,16?,19?/m0/s1. The average Bonchev–Trinajstić information content (AvgIpc) is 2.35. The molecule has 1 aromatic rings. The van der Waals surface area contributed by atoms with Gasteiger partial charge in [0.1, 0.15) is 0 Å². The molecule has 0 aliphatic rings. The monoisotopic (exact) mass is 282 g/mol. The summed E-state index contributed by atoms with van der Waals surface area (Å²) in [4.78, 5) is 0.826. The lowest BCUT2D eigenvalue weighted by Gasteiger charge is -2.23. The van der Waals surface area contributed by atoms with Crippen LogP contribution in [0.1, 0.15) is 45.6 Å². The van der Waals surface area contributed by atoms with E-state index in [1.165, 1.54) is 0 Å². The maximum absolute atomic E-state index is 12.6. The van der Waals surface area contributed by atoms with Gasteiger partial charge in [0.15, 0.2) is 0 Å². The van der Waals surface area contributed by atoms with Gasteiger partial charge in [-0.15, -0.1) is 0 Å². The molecule has 0 aromatic heterocycles. The molecule has 0 heterocycles. The van der Waals surface area contributed by atoms with Crippen LogP contribution in [0.4, 0.5) is 0 Å². The minimum absolute atomic E-state index is 0.157. The van der Waals surface area contributed by atoms with E-state index in [2.05, 4.69) is 20.8 Å². The Morgan fingerprint density at radius 1 is 1.21 bits per heavy atom. The van der Waals surface area contributed by atoms with Crippen LogP contribution in [0, 0.1) is 12.8 Å². The van der Waals surface area contributed by atoms with E-state index in [1.54, 1.807) is 0 Å². The van der Waals surface area contributed by atoms with Gasteiger partial charge < -0.3 is 5.11 Å². The Morgan fingerprint density at radius 3 is 2.26 bits per heavy atom. The van der Waals surface area contributed by atoms with Crippen molar-refractivity contribution >= 4 is 10.8 Å². The third-order valence-electron chi connectivity index (χ3n) is 3.24. The molecule has 2 nitrogen and oxygen atoms in total. The van der Waals surface area contributed by atoms with Gasteiger partial charge in [-0.3, -0.25) is 4.21 Å². The summed E-state index contributed by atoms with van der Waals surface area (Å²) in [6.07, 6.45) is 1.97. The maximum atomic E-state index is 12.6. The van der Waals surface area contributed by atoms with Crippen LogP contribution < -0.4 is 0 Å². The van der Waals surface area contributed by atoms with Crippen molar-refractivity contribution in [1.82, 2.24) is 0 Å². The van der Waals surface area contributed by atoms with Crippen molar-refractivity contribution in [1.29, 1.82) is 0 Å². The first-order valence-electron chi connectivity index (χ1n) is 7.11. The molecule has 2 unspecified atom stereocenters. The highest BCUT2D eigenvalue weighted by molar-refractivity contribution is 7.85. The van der Waals surface area contributed by atoms with Crippen LogP contribution in [0.5, 0.6) is 0 Å². The summed E-state index contributed by atoms with van der Waals surface area (Å²) in [5.74, 6) is 0.421. The lowest BCUT2D eigenvalue weighted by atomic mass is 10.0. The molecular weight excluding hydrogens is 256 g/mol. The van der Waals surface area contributed by atoms with Crippen LogP contribution in [-0.4, -0.2) is 20.7 Å². The van der Waals surface area contributed by atoms with E-state index >= 15 is 0 Å². The molecule has 0 bridgehead atoms. The number of aryl methyl sites for hydroxylation is 1. The van der Waals surface area contributed by atoms with Gasteiger partial charge in [0.2, 0.25) is 0 Å². The van der Waals surface area contributed by atoms with Crippen molar-refractivity contribution in [3.8, 4) is 0 Å². The molecule has 19 heavy (non-hydrogen) atoms. The molecule has 0 saturated heterocycles. The number of aliphatic hydroxyl groups excluding tert-OH is 1. The van der Waals surface area contributed by atoms with Crippen LogP contribution in [0.25, 0.3) is 0 Å². The fourth-order valence-electron chi connectivity index (χ4n) is 2.21. The Kier molecular flexibility index (Phi) is 6.73. The molecule has 108 valence electrons. The largest absolute Gasteiger partial charge is 0.392 e. The van der Waals surface area contributed by atoms with Crippen molar-refractivity contribution in [3.63, 3.8) is 0 Å². The smallest absolute Gasteiger partial charge is 0.0689 e. The normalized spacial score (nSPS) is 16.3. The van der Waals surface area contributed by atoms with Gasteiger partial charge in [-0.1, -0.05) is 44.9 Å². The third-order valence-corrected chi connectivity index (χ3v) is 5.08. The van der Waals surface area contributed by atoms with Gasteiger partial charge >= 0.3 is 0 Å². The number of hydrogen-bond acceptors (Lipinski definition) is 2. The highest BCUT2D eigenvalue weighted by Gasteiger charge is 2.26. The second-order valence-electron chi connectivity index (χ2n) is 5.63. The van der Waals surface area contributed by atoms with Crippen LogP contribution in [0.3, 0.4) is 0 Å². The molecule has 1 rings (SSSR count). The molecular formula is C16H26O2S. The lowest BCUT2D eigenvalue weighted by molar-refractivity contribution is 0.141. The van der Waals surface area contributed by atoms with Crippen molar-refractivity contribution in [2.45, 2.75) is 63.2 Å². The topological polar surface area (TPSA) is 37.3 Å². The Hall–Kier alpha value is -0.670. The number of aliphatic hydroxyl groups is 1. The van der Waals surface area contributed by atoms with Gasteiger partial charge in [0.05, 0.1) is 22.2 Å². The summed E-state index contributed by atoms with van der Waals surface area (Å²) in [5, 5.41) is 10.1. The van der Waals surface area contributed by atoms with Crippen molar-refractivity contribution in [2.75, 3.05) is 0 Å². The zero-order valence-corrected chi connectivity index (χ0v) is 13.2. The minimum atomic E-state index is -1.13. The second kappa shape index (κ2) is 7.81. The summed E-state index contributed by atoms with van der Waals surface area (Å²) in [6, 6.07) is 7.78. The highest BCUT2D eigenvalue weighted by Crippen LogP contribution is 2.22. The van der Waals surface area contributed by atoms with Gasteiger partial charge in [-0.25, -0.2) is 0 Å². The summed E-state index contributed by atoms with van der Waals surface area (Å²) in [7, 11) is -1.13. The summed E-state index contributed by atoms with van der Waals surface area (Å²) in [5.41, 5.74) is 1.16. The Bertz CT molecular complexity index is 398. The van der Waals surface area contributed by atoms with E-state index < -0.39 is 16.9 Å². The van der Waals surface area contributed by atoms with Crippen molar-refractivity contribution in [2.24, 2.45) is 5.92 Å². The van der Waals surface area contributed by atoms with E-state index in [9.17, 15) is 9.32 Å². The molecule has 0 radical (unpaired) electrons. The fraction of sp³-hybridized carbons (Fsp3) is 0.625. The first kappa shape index (κ1) is 16.4. The third kappa shape index (κ3) is 5.07. The molecule has 1 aromatic carbocycles. The Balaban J connectivity index is 2.85. The fourth-order valence-corrected chi connectivity index (χ4v) is 3.81. The van der Waals surface area contributed by atoms with E-state index in [1.807, 2.05) is 31.2 Å². The van der Waals surface area contributed by atoms with Crippen molar-refractivity contribution in [3.05, 3.63) is 29.8 Å². The molecule has 3 heteroatoms. The molecule has 0 fully saturated rings. The molecule has 0 aliphatic heterocycles. The molecule has 0 aliphatic carbocycles. The van der Waals surface area contributed by atoms with Crippen LogP contribution in [-0.2, 0) is 10.8 Å². The first-order valence-corrected chi connectivity index (χ1v) is 8.32. The first-order chi connectivity index (χ1) is 8.95. The van der Waals surface area contributed by atoms with E-state index in [4.69, 9.17) is 0 Å². The minimum Gasteiger partial charge on any atom is -0.392 e. The van der Waals surface area contributed by atoms with Gasteiger partial charge in [-0.2, -0.15) is 0 Å². The summed E-state index contributed by atoms with van der Waals surface area (Å²) < 4.78 is 12.6. The Labute approximate surface area is 119 Å². The van der Waals surface area contributed by atoms with E-state index in [0.29, 0.717) is 12.3 Å². The van der Waals surface area contributed by atoms with Gasteiger partial charge in [-0.05, 0) is 37.8 Å². The lowest BCUT2D eigenvalue weighted by Crippen LogP contribution is -2.31. The number of rotatable bonds is 7. The SMILES string of the molecule is CCCC([C@@H](O)CC(C)C)S(=O)c1ccc(C)cc1. The predicted octanol–water partition coefficient (Wildman–Crippen LogP) is 3.68. The van der Waals surface area contributed by atoms with Gasteiger partial charge in [0.25, 0.3) is 0 Å².